The quantitative estimate of drug-likeness (QED) is 0.470. The second kappa shape index (κ2) is 11.2. The van der Waals surface area contributed by atoms with Gasteiger partial charge in [-0.1, -0.05) is 52.3 Å². The highest BCUT2D eigenvalue weighted by Gasteiger charge is 2.15. The Morgan fingerprint density at radius 1 is 0.969 bits per heavy atom. The van der Waals surface area contributed by atoms with Crippen molar-refractivity contribution in [2.24, 2.45) is 0 Å². The van der Waals surface area contributed by atoms with Crippen LogP contribution in [0, 0.1) is 0 Å². The number of sulfonamides is 1. The fourth-order valence-electron chi connectivity index (χ4n) is 2.94. The smallest absolute Gasteiger partial charge is 0.251 e. The Balaban J connectivity index is 1.86. The molecule has 174 valence electrons. The van der Waals surface area contributed by atoms with Crippen molar-refractivity contribution in [3.05, 3.63) is 59.7 Å². The van der Waals surface area contributed by atoms with Crippen molar-refractivity contribution in [2.75, 3.05) is 18.4 Å². The highest BCUT2D eigenvalue weighted by atomic mass is 32.2. The van der Waals surface area contributed by atoms with Crippen LogP contribution in [0.3, 0.4) is 0 Å². The summed E-state index contributed by atoms with van der Waals surface area (Å²) in [6.07, 6.45) is 1.71. The zero-order valence-corrected chi connectivity index (χ0v) is 20.0. The van der Waals surface area contributed by atoms with Crippen molar-refractivity contribution in [2.45, 2.75) is 57.3 Å². The number of hydrogen-bond acceptors (Lipinski definition) is 4. The standard InChI is InChI=1S/C24H33N3O4S/c1-5-6-15-26-32(30,31)21-9-7-8-20(17-21)27-22(28)14-16-25-23(29)18-10-12-19(13-11-18)24(2,3)4/h7-13,17,26H,5-6,14-16H2,1-4H3,(H,25,29)(H,27,28). The Hall–Kier alpha value is -2.71. The van der Waals surface area contributed by atoms with Gasteiger partial charge in [-0.3, -0.25) is 9.59 Å². The summed E-state index contributed by atoms with van der Waals surface area (Å²) in [6.45, 7) is 8.84. The molecule has 0 bridgehead atoms. The number of carbonyl (C=O) groups excluding carboxylic acids is 2. The summed E-state index contributed by atoms with van der Waals surface area (Å²) >= 11 is 0. The van der Waals surface area contributed by atoms with E-state index in [2.05, 4.69) is 36.1 Å². The molecule has 0 saturated heterocycles. The summed E-state index contributed by atoms with van der Waals surface area (Å²) in [5, 5.41) is 5.41. The van der Waals surface area contributed by atoms with E-state index in [0.29, 0.717) is 17.8 Å². The predicted molar refractivity (Wildman–Crippen MR) is 127 cm³/mol. The lowest BCUT2D eigenvalue weighted by molar-refractivity contribution is -0.116. The van der Waals surface area contributed by atoms with Crippen molar-refractivity contribution in [1.82, 2.24) is 10.0 Å². The first kappa shape index (κ1) is 25.5. The average molecular weight is 460 g/mol. The van der Waals surface area contributed by atoms with Gasteiger partial charge in [-0.25, -0.2) is 13.1 Å². The van der Waals surface area contributed by atoms with Gasteiger partial charge in [0.05, 0.1) is 4.90 Å². The lowest BCUT2D eigenvalue weighted by Gasteiger charge is -2.19. The van der Waals surface area contributed by atoms with E-state index < -0.39 is 10.0 Å². The Morgan fingerprint density at radius 3 is 2.28 bits per heavy atom. The maximum absolute atomic E-state index is 12.3. The van der Waals surface area contributed by atoms with Gasteiger partial charge >= 0.3 is 0 Å². The van der Waals surface area contributed by atoms with E-state index in [9.17, 15) is 18.0 Å². The minimum absolute atomic E-state index is 0.00923. The fraction of sp³-hybridized carbons (Fsp3) is 0.417. The molecule has 0 aliphatic rings. The first-order valence-corrected chi connectivity index (χ1v) is 12.3. The molecule has 2 aromatic carbocycles. The molecule has 0 aromatic heterocycles. The van der Waals surface area contributed by atoms with Crippen LogP contribution in [0.4, 0.5) is 5.69 Å². The first-order valence-electron chi connectivity index (χ1n) is 10.8. The Kier molecular flexibility index (Phi) is 8.98. The normalized spacial score (nSPS) is 11.8. The highest BCUT2D eigenvalue weighted by molar-refractivity contribution is 7.89. The van der Waals surface area contributed by atoms with Gasteiger partial charge in [-0.15, -0.1) is 0 Å². The van der Waals surface area contributed by atoms with Gasteiger partial charge in [0.1, 0.15) is 0 Å². The van der Waals surface area contributed by atoms with E-state index in [1.807, 2.05) is 19.1 Å². The van der Waals surface area contributed by atoms with Crippen LogP contribution >= 0.6 is 0 Å². The molecule has 0 unspecified atom stereocenters. The van der Waals surface area contributed by atoms with Crippen molar-refractivity contribution in [3.63, 3.8) is 0 Å². The molecule has 8 heteroatoms. The molecule has 2 aromatic rings. The Morgan fingerprint density at radius 2 is 1.66 bits per heavy atom. The van der Waals surface area contributed by atoms with Gasteiger partial charge in [0.25, 0.3) is 5.91 Å². The number of anilines is 1. The third-order valence-corrected chi connectivity index (χ3v) is 6.36. The summed E-state index contributed by atoms with van der Waals surface area (Å²) in [6, 6.07) is 13.5. The van der Waals surface area contributed by atoms with Crippen LogP contribution in [-0.2, 0) is 20.2 Å². The van der Waals surface area contributed by atoms with Gasteiger partial charge in [0.15, 0.2) is 0 Å². The van der Waals surface area contributed by atoms with E-state index in [0.717, 1.165) is 18.4 Å². The molecule has 32 heavy (non-hydrogen) atoms. The third-order valence-electron chi connectivity index (χ3n) is 4.90. The third kappa shape index (κ3) is 7.76. The van der Waals surface area contributed by atoms with Gasteiger partial charge < -0.3 is 10.6 Å². The number of carbonyl (C=O) groups is 2. The van der Waals surface area contributed by atoms with Crippen LogP contribution < -0.4 is 15.4 Å². The molecule has 0 saturated carbocycles. The van der Waals surface area contributed by atoms with E-state index >= 15 is 0 Å². The van der Waals surface area contributed by atoms with E-state index in [-0.39, 0.29) is 35.1 Å². The van der Waals surface area contributed by atoms with Gasteiger partial charge in [0, 0.05) is 30.8 Å². The topological polar surface area (TPSA) is 104 Å². The van der Waals surface area contributed by atoms with Gasteiger partial charge in [-0.2, -0.15) is 0 Å². The number of nitrogens with one attached hydrogen (secondary N) is 3. The summed E-state index contributed by atoms with van der Waals surface area (Å²) in [5.74, 6) is -0.564. The lowest BCUT2D eigenvalue weighted by Crippen LogP contribution is -2.28. The minimum atomic E-state index is -3.62. The number of rotatable bonds is 10. The maximum Gasteiger partial charge on any atom is 0.251 e. The molecule has 3 N–H and O–H groups in total. The number of hydrogen-bond donors (Lipinski definition) is 3. The molecule has 2 rings (SSSR count). The number of amides is 2. The monoisotopic (exact) mass is 459 g/mol. The van der Waals surface area contributed by atoms with Crippen LogP contribution in [-0.4, -0.2) is 33.3 Å². The molecule has 0 fully saturated rings. The fourth-order valence-corrected chi connectivity index (χ4v) is 4.06. The van der Waals surface area contributed by atoms with Crippen LogP contribution in [0.15, 0.2) is 53.4 Å². The molecular weight excluding hydrogens is 426 g/mol. The highest BCUT2D eigenvalue weighted by Crippen LogP contribution is 2.22. The second-order valence-corrected chi connectivity index (χ2v) is 10.4. The summed E-state index contributed by atoms with van der Waals surface area (Å²) < 4.78 is 27.2. The molecule has 0 aliphatic carbocycles. The summed E-state index contributed by atoms with van der Waals surface area (Å²) in [5.41, 5.74) is 2.07. The van der Waals surface area contributed by atoms with Crippen LogP contribution in [0.5, 0.6) is 0 Å². The number of unbranched alkanes of at least 4 members (excludes halogenated alkanes) is 1. The molecule has 0 atom stereocenters. The van der Waals surface area contributed by atoms with Crippen LogP contribution in [0.1, 0.15) is 62.9 Å². The largest absolute Gasteiger partial charge is 0.352 e. The molecule has 0 spiro atoms. The Bertz CT molecular complexity index is 1030. The van der Waals surface area contributed by atoms with Crippen molar-refractivity contribution in [1.29, 1.82) is 0 Å². The van der Waals surface area contributed by atoms with Crippen molar-refractivity contribution >= 4 is 27.5 Å². The molecule has 2 amide bonds. The molecule has 0 heterocycles. The SMILES string of the molecule is CCCCNS(=O)(=O)c1cccc(NC(=O)CCNC(=O)c2ccc(C(C)(C)C)cc2)c1. The number of benzene rings is 2. The van der Waals surface area contributed by atoms with Crippen LogP contribution in [0.25, 0.3) is 0 Å². The van der Waals surface area contributed by atoms with Crippen LogP contribution in [0.2, 0.25) is 0 Å². The van der Waals surface area contributed by atoms with Crippen molar-refractivity contribution < 1.29 is 18.0 Å². The maximum atomic E-state index is 12.3. The van der Waals surface area contributed by atoms with E-state index in [1.54, 1.807) is 24.3 Å². The predicted octanol–water partition coefficient (Wildman–Crippen LogP) is 3.82. The van der Waals surface area contributed by atoms with Gasteiger partial charge in [0.2, 0.25) is 15.9 Å². The minimum Gasteiger partial charge on any atom is -0.352 e. The zero-order chi connectivity index (χ0) is 23.8. The van der Waals surface area contributed by atoms with Gasteiger partial charge in [-0.05, 0) is 47.7 Å². The zero-order valence-electron chi connectivity index (χ0n) is 19.2. The second-order valence-electron chi connectivity index (χ2n) is 8.66. The first-order chi connectivity index (χ1) is 15.0. The van der Waals surface area contributed by atoms with E-state index in [1.165, 1.54) is 12.1 Å². The average Bonchev–Trinajstić information content (AvgIpc) is 2.73. The summed E-state index contributed by atoms with van der Waals surface area (Å²) in [7, 11) is -3.62. The van der Waals surface area contributed by atoms with Crippen molar-refractivity contribution in [3.8, 4) is 0 Å². The molecule has 7 nitrogen and oxygen atoms in total. The molecule has 0 radical (unpaired) electrons. The lowest BCUT2D eigenvalue weighted by atomic mass is 9.87. The molecular formula is C24H33N3O4S. The van der Waals surface area contributed by atoms with E-state index in [4.69, 9.17) is 0 Å². The Labute approximate surface area is 191 Å². The molecule has 0 aliphatic heterocycles. The summed E-state index contributed by atoms with van der Waals surface area (Å²) in [4.78, 5) is 24.6.